The van der Waals surface area contributed by atoms with E-state index in [9.17, 15) is 4.79 Å². The van der Waals surface area contributed by atoms with Crippen LogP contribution in [0, 0.1) is 0 Å². The van der Waals surface area contributed by atoms with Gasteiger partial charge >= 0.3 is 0 Å². The Morgan fingerprint density at radius 2 is 1.95 bits per heavy atom. The summed E-state index contributed by atoms with van der Waals surface area (Å²) in [5.41, 5.74) is 3.17. The molecule has 19 heavy (non-hydrogen) atoms. The highest BCUT2D eigenvalue weighted by atomic mass is 32.1. The molecule has 1 aromatic heterocycles. The zero-order valence-corrected chi connectivity index (χ0v) is 11.5. The first-order valence-electron chi connectivity index (χ1n) is 6.38. The number of hydrogen-bond donors (Lipinski definition) is 0. The van der Waals surface area contributed by atoms with Gasteiger partial charge in [0.1, 0.15) is 0 Å². The highest BCUT2D eigenvalue weighted by Crippen LogP contribution is 2.35. The van der Waals surface area contributed by atoms with Gasteiger partial charge in [0, 0.05) is 16.0 Å². The van der Waals surface area contributed by atoms with Crippen LogP contribution in [0.25, 0.3) is 21.2 Å². The molecule has 0 atom stereocenters. The molecule has 0 unspecified atom stereocenters. The molecule has 0 aliphatic heterocycles. The molecule has 0 bridgehead atoms. The number of thiophene rings is 1. The average molecular weight is 266 g/mol. The van der Waals surface area contributed by atoms with Crippen LogP contribution in [0.1, 0.15) is 22.8 Å². The van der Waals surface area contributed by atoms with Crippen LogP contribution in [0.15, 0.2) is 47.8 Å². The quantitative estimate of drug-likeness (QED) is 0.613. The van der Waals surface area contributed by atoms with Crippen LogP contribution in [0.3, 0.4) is 0 Å². The van der Waals surface area contributed by atoms with E-state index in [1.807, 2.05) is 24.3 Å². The molecule has 1 heterocycles. The van der Waals surface area contributed by atoms with Crippen LogP contribution < -0.4 is 0 Å². The van der Waals surface area contributed by atoms with Crippen molar-refractivity contribution in [3.05, 3.63) is 59.0 Å². The van der Waals surface area contributed by atoms with Gasteiger partial charge in [0.15, 0.2) is 6.29 Å². The Morgan fingerprint density at radius 3 is 2.74 bits per heavy atom. The highest BCUT2D eigenvalue weighted by molar-refractivity contribution is 7.13. The minimum Gasteiger partial charge on any atom is -0.298 e. The Bertz CT molecular complexity index is 740. The first kappa shape index (κ1) is 12.1. The van der Waals surface area contributed by atoms with Gasteiger partial charge in [0.2, 0.25) is 0 Å². The van der Waals surface area contributed by atoms with Gasteiger partial charge in [-0.25, -0.2) is 0 Å². The van der Waals surface area contributed by atoms with Gasteiger partial charge in [-0.05, 0) is 34.2 Å². The topological polar surface area (TPSA) is 17.1 Å². The van der Waals surface area contributed by atoms with Crippen LogP contribution in [0.5, 0.6) is 0 Å². The largest absolute Gasteiger partial charge is 0.298 e. The maximum atomic E-state index is 11.5. The first-order chi connectivity index (χ1) is 9.35. The molecule has 0 aliphatic carbocycles. The van der Waals surface area contributed by atoms with Crippen molar-refractivity contribution in [2.24, 2.45) is 0 Å². The average Bonchev–Trinajstić information content (AvgIpc) is 2.94. The second kappa shape index (κ2) is 4.98. The summed E-state index contributed by atoms with van der Waals surface area (Å²) < 4.78 is 0. The summed E-state index contributed by atoms with van der Waals surface area (Å²) in [6.45, 7) is 2.15. The van der Waals surface area contributed by atoms with E-state index in [1.54, 1.807) is 11.3 Å². The number of fused-ring (bicyclic) bond motifs is 1. The molecule has 0 aliphatic rings. The number of rotatable bonds is 3. The van der Waals surface area contributed by atoms with E-state index in [0.29, 0.717) is 0 Å². The zero-order valence-electron chi connectivity index (χ0n) is 10.7. The summed E-state index contributed by atoms with van der Waals surface area (Å²) in [5, 5.41) is 4.24. The number of aldehydes is 1. The molecule has 0 saturated carbocycles. The Morgan fingerprint density at radius 1 is 1.11 bits per heavy atom. The summed E-state index contributed by atoms with van der Waals surface area (Å²) >= 11 is 1.71. The van der Waals surface area contributed by atoms with Gasteiger partial charge in [0.25, 0.3) is 0 Å². The summed E-state index contributed by atoms with van der Waals surface area (Å²) in [6.07, 6.45) is 1.97. The number of aryl methyl sites for hydroxylation is 1. The second-order valence-electron chi connectivity index (χ2n) is 4.49. The predicted octanol–water partition coefficient (Wildman–Crippen LogP) is 4.94. The lowest BCUT2D eigenvalue weighted by Crippen LogP contribution is -1.90. The van der Waals surface area contributed by atoms with Crippen LogP contribution in [-0.4, -0.2) is 6.29 Å². The van der Waals surface area contributed by atoms with E-state index in [2.05, 4.69) is 30.5 Å². The van der Waals surface area contributed by atoms with Crippen LogP contribution in [-0.2, 0) is 6.42 Å². The van der Waals surface area contributed by atoms with E-state index in [4.69, 9.17) is 0 Å². The van der Waals surface area contributed by atoms with Crippen molar-refractivity contribution in [1.29, 1.82) is 0 Å². The molecule has 2 aromatic carbocycles. The van der Waals surface area contributed by atoms with E-state index in [-0.39, 0.29) is 0 Å². The summed E-state index contributed by atoms with van der Waals surface area (Å²) in [6, 6.07) is 14.3. The second-order valence-corrected chi connectivity index (χ2v) is 5.41. The van der Waals surface area contributed by atoms with E-state index >= 15 is 0 Å². The van der Waals surface area contributed by atoms with Gasteiger partial charge in [-0.2, -0.15) is 0 Å². The summed E-state index contributed by atoms with van der Waals surface area (Å²) in [4.78, 5) is 12.8. The maximum absolute atomic E-state index is 11.5. The fraction of sp³-hybridized carbons (Fsp3) is 0.118. The fourth-order valence-electron chi connectivity index (χ4n) is 2.47. The molecular weight excluding hydrogens is 252 g/mol. The third-order valence-corrected chi connectivity index (χ3v) is 4.45. The van der Waals surface area contributed by atoms with Crippen LogP contribution in [0.2, 0.25) is 0 Å². The van der Waals surface area contributed by atoms with E-state index < -0.39 is 0 Å². The van der Waals surface area contributed by atoms with Crippen molar-refractivity contribution < 1.29 is 4.79 Å². The van der Waals surface area contributed by atoms with Crippen molar-refractivity contribution in [2.45, 2.75) is 13.3 Å². The molecular formula is C17H14OS. The molecule has 3 aromatic rings. The van der Waals surface area contributed by atoms with Crippen LogP contribution in [0.4, 0.5) is 0 Å². The Labute approximate surface area is 116 Å². The van der Waals surface area contributed by atoms with Gasteiger partial charge in [-0.1, -0.05) is 43.3 Å². The van der Waals surface area contributed by atoms with Crippen molar-refractivity contribution in [2.75, 3.05) is 0 Å². The standard InChI is InChI=1S/C17H14OS/c1-2-12-9-10-19-17(12)15-8-7-13-5-3-4-6-14(13)16(15)11-18/h3-11H,2H2,1H3. The lowest BCUT2D eigenvalue weighted by atomic mass is 9.97. The molecule has 0 saturated heterocycles. The molecule has 0 spiro atoms. The number of benzene rings is 2. The molecule has 1 nitrogen and oxygen atoms in total. The highest BCUT2D eigenvalue weighted by Gasteiger charge is 2.12. The molecule has 94 valence electrons. The normalized spacial score (nSPS) is 10.8. The minimum absolute atomic E-state index is 0.801. The van der Waals surface area contributed by atoms with Crippen molar-refractivity contribution >= 4 is 28.4 Å². The van der Waals surface area contributed by atoms with Gasteiger partial charge < -0.3 is 0 Å². The van der Waals surface area contributed by atoms with Gasteiger partial charge in [-0.15, -0.1) is 11.3 Å². The van der Waals surface area contributed by atoms with Crippen LogP contribution >= 0.6 is 11.3 Å². The molecule has 0 radical (unpaired) electrons. The third kappa shape index (κ3) is 1.98. The lowest BCUT2D eigenvalue weighted by molar-refractivity contribution is 0.112. The maximum Gasteiger partial charge on any atom is 0.151 e. The Balaban J connectivity index is 2.33. The van der Waals surface area contributed by atoms with Crippen molar-refractivity contribution in [3.63, 3.8) is 0 Å². The summed E-state index contributed by atoms with van der Waals surface area (Å²) in [7, 11) is 0. The number of carbonyl (C=O) groups excluding carboxylic acids is 1. The molecule has 0 N–H and O–H groups in total. The first-order valence-corrected chi connectivity index (χ1v) is 7.26. The summed E-state index contributed by atoms with van der Waals surface area (Å²) in [5.74, 6) is 0. The number of carbonyl (C=O) groups is 1. The SMILES string of the molecule is CCc1ccsc1-c1ccc2ccccc2c1C=O. The Kier molecular flexibility index (Phi) is 3.18. The van der Waals surface area contributed by atoms with E-state index in [1.165, 1.54) is 10.4 Å². The van der Waals surface area contributed by atoms with Crippen molar-refractivity contribution in [1.82, 2.24) is 0 Å². The Hall–Kier alpha value is -1.93. The molecule has 3 rings (SSSR count). The molecule has 2 heteroatoms. The molecule has 0 fully saturated rings. The minimum atomic E-state index is 0.801. The smallest absolute Gasteiger partial charge is 0.151 e. The van der Waals surface area contributed by atoms with Gasteiger partial charge in [0.05, 0.1) is 0 Å². The van der Waals surface area contributed by atoms with Crippen molar-refractivity contribution in [3.8, 4) is 10.4 Å². The lowest BCUT2D eigenvalue weighted by Gasteiger charge is -2.08. The fourth-order valence-corrected chi connectivity index (χ4v) is 3.51. The predicted molar refractivity (Wildman–Crippen MR) is 82.0 cm³/mol. The van der Waals surface area contributed by atoms with E-state index in [0.717, 1.165) is 34.6 Å². The van der Waals surface area contributed by atoms with Gasteiger partial charge in [-0.3, -0.25) is 4.79 Å². The molecule has 0 amide bonds. The third-order valence-electron chi connectivity index (χ3n) is 3.46. The monoisotopic (exact) mass is 266 g/mol. The zero-order chi connectivity index (χ0) is 13.2. The number of hydrogen-bond acceptors (Lipinski definition) is 2.